The van der Waals surface area contributed by atoms with Crippen molar-refractivity contribution in [1.82, 2.24) is 4.90 Å². The third kappa shape index (κ3) is 7.45. The number of aliphatic hydroxyl groups excluding tert-OH is 1. The second-order valence-corrected chi connectivity index (χ2v) is 8.04. The summed E-state index contributed by atoms with van der Waals surface area (Å²) in [4.78, 5) is 15.5. The van der Waals surface area contributed by atoms with Crippen LogP contribution in [0.25, 0.3) is 0 Å². The van der Waals surface area contributed by atoms with Crippen LogP contribution in [0.5, 0.6) is 5.75 Å². The molecule has 1 unspecified atom stereocenters. The van der Waals surface area contributed by atoms with Crippen LogP contribution in [0.1, 0.15) is 25.3 Å². The SMILES string of the molecule is CCCCc1ccc(N2CCN(CC(O)COc3ccc(NC(N)=O)cc3)CC2)cc1. The van der Waals surface area contributed by atoms with Crippen molar-refractivity contribution in [2.24, 2.45) is 5.73 Å². The summed E-state index contributed by atoms with van der Waals surface area (Å²) >= 11 is 0. The number of hydrogen-bond donors (Lipinski definition) is 3. The van der Waals surface area contributed by atoms with Crippen LogP contribution < -0.4 is 20.7 Å². The number of benzene rings is 2. The van der Waals surface area contributed by atoms with E-state index in [0.717, 1.165) is 32.6 Å². The van der Waals surface area contributed by atoms with Crippen LogP contribution in [0.4, 0.5) is 16.2 Å². The quantitative estimate of drug-likeness (QED) is 0.543. The Labute approximate surface area is 184 Å². The maximum absolute atomic E-state index is 10.8. The average Bonchev–Trinajstić information content (AvgIpc) is 2.78. The van der Waals surface area contributed by atoms with Gasteiger partial charge in [-0.05, 0) is 54.8 Å². The number of amides is 2. The highest BCUT2D eigenvalue weighted by Gasteiger charge is 2.20. The van der Waals surface area contributed by atoms with E-state index < -0.39 is 12.1 Å². The maximum Gasteiger partial charge on any atom is 0.316 e. The van der Waals surface area contributed by atoms with Crippen molar-refractivity contribution < 1.29 is 14.6 Å². The van der Waals surface area contributed by atoms with Crippen LogP contribution in [0, 0.1) is 0 Å². The number of piperazine rings is 1. The van der Waals surface area contributed by atoms with Gasteiger partial charge in [-0.25, -0.2) is 4.79 Å². The van der Waals surface area contributed by atoms with Crippen LogP contribution in [0.15, 0.2) is 48.5 Å². The van der Waals surface area contributed by atoms with E-state index in [1.807, 2.05) is 0 Å². The molecule has 2 aromatic carbocycles. The summed E-state index contributed by atoms with van der Waals surface area (Å²) in [7, 11) is 0. The first-order valence-corrected chi connectivity index (χ1v) is 11.1. The molecule has 4 N–H and O–H groups in total. The van der Waals surface area contributed by atoms with Crippen molar-refractivity contribution in [1.29, 1.82) is 0 Å². The Bertz CT molecular complexity index is 803. The Balaban J connectivity index is 1.37. The summed E-state index contributed by atoms with van der Waals surface area (Å²) in [6, 6.07) is 15.2. The van der Waals surface area contributed by atoms with Gasteiger partial charge in [0.15, 0.2) is 0 Å². The highest BCUT2D eigenvalue weighted by molar-refractivity contribution is 5.87. The molecule has 1 fully saturated rings. The minimum atomic E-state index is -0.604. The number of aryl methyl sites for hydroxylation is 1. The molecule has 168 valence electrons. The molecule has 2 aromatic rings. The van der Waals surface area contributed by atoms with Crippen molar-refractivity contribution in [3.8, 4) is 5.75 Å². The fraction of sp³-hybridized carbons (Fsp3) is 0.458. The lowest BCUT2D eigenvalue weighted by Gasteiger charge is -2.37. The van der Waals surface area contributed by atoms with Gasteiger partial charge in [-0.3, -0.25) is 4.90 Å². The predicted molar refractivity (Wildman–Crippen MR) is 125 cm³/mol. The molecule has 31 heavy (non-hydrogen) atoms. The minimum Gasteiger partial charge on any atom is -0.491 e. The molecule has 0 bridgehead atoms. The molecule has 1 aliphatic rings. The molecule has 0 radical (unpaired) electrons. The fourth-order valence-corrected chi connectivity index (χ4v) is 3.76. The first kappa shape index (κ1) is 22.9. The number of urea groups is 1. The predicted octanol–water partition coefficient (Wildman–Crippen LogP) is 3.08. The van der Waals surface area contributed by atoms with E-state index >= 15 is 0 Å². The number of rotatable bonds is 10. The van der Waals surface area contributed by atoms with Crippen molar-refractivity contribution in [2.45, 2.75) is 32.3 Å². The monoisotopic (exact) mass is 426 g/mol. The maximum atomic E-state index is 10.8. The second kappa shape index (κ2) is 11.6. The van der Waals surface area contributed by atoms with Gasteiger partial charge in [0.25, 0.3) is 0 Å². The molecular formula is C24H34N4O3. The highest BCUT2D eigenvalue weighted by Crippen LogP contribution is 2.19. The van der Waals surface area contributed by atoms with Crippen LogP contribution in [0.2, 0.25) is 0 Å². The topological polar surface area (TPSA) is 91.1 Å². The van der Waals surface area contributed by atoms with Gasteiger partial charge in [0.2, 0.25) is 0 Å². The molecule has 0 aromatic heterocycles. The lowest BCUT2D eigenvalue weighted by Crippen LogP contribution is -2.49. The number of ether oxygens (including phenoxy) is 1. The van der Waals surface area contributed by atoms with E-state index in [9.17, 15) is 9.90 Å². The van der Waals surface area contributed by atoms with Crippen molar-refractivity contribution >= 4 is 17.4 Å². The minimum absolute atomic E-state index is 0.224. The normalized spacial score (nSPS) is 15.5. The van der Waals surface area contributed by atoms with Gasteiger partial charge in [0, 0.05) is 44.1 Å². The first-order chi connectivity index (χ1) is 15.0. The number of primary amides is 1. The number of hydrogen-bond acceptors (Lipinski definition) is 5. The van der Waals surface area contributed by atoms with E-state index in [-0.39, 0.29) is 6.61 Å². The molecule has 0 saturated carbocycles. The molecule has 0 spiro atoms. The number of β-amino-alcohol motifs (C(OH)–C–C–N with tert-alkyl or cyclic N) is 1. The zero-order chi connectivity index (χ0) is 22.1. The summed E-state index contributed by atoms with van der Waals surface area (Å²) in [5.74, 6) is 0.640. The third-order valence-electron chi connectivity index (χ3n) is 5.53. The number of nitrogens with two attached hydrogens (primary N) is 1. The van der Waals surface area contributed by atoms with E-state index in [4.69, 9.17) is 10.5 Å². The van der Waals surface area contributed by atoms with Gasteiger partial charge in [-0.1, -0.05) is 25.5 Å². The van der Waals surface area contributed by atoms with Crippen LogP contribution in [-0.2, 0) is 6.42 Å². The van der Waals surface area contributed by atoms with Gasteiger partial charge in [-0.15, -0.1) is 0 Å². The summed E-state index contributed by atoms with van der Waals surface area (Å²) in [6.07, 6.45) is 3.05. The molecule has 1 atom stereocenters. The zero-order valence-corrected chi connectivity index (χ0v) is 18.3. The van der Waals surface area contributed by atoms with Gasteiger partial charge >= 0.3 is 6.03 Å². The molecule has 0 aliphatic carbocycles. The lowest BCUT2D eigenvalue weighted by atomic mass is 10.1. The Morgan fingerprint density at radius 2 is 1.77 bits per heavy atom. The molecular weight excluding hydrogens is 392 g/mol. The number of nitrogens with one attached hydrogen (secondary N) is 1. The van der Waals surface area contributed by atoms with E-state index in [1.165, 1.54) is 24.1 Å². The van der Waals surface area contributed by atoms with Gasteiger partial charge in [0.05, 0.1) is 0 Å². The van der Waals surface area contributed by atoms with Crippen molar-refractivity contribution in [3.63, 3.8) is 0 Å². The molecule has 7 heteroatoms. The van der Waals surface area contributed by atoms with Gasteiger partial charge in [-0.2, -0.15) is 0 Å². The number of unbranched alkanes of at least 4 members (excludes halogenated alkanes) is 1. The summed E-state index contributed by atoms with van der Waals surface area (Å²) in [5.41, 5.74) is 8.38. The van der Waals surface area contributed by atoms with Crippen molar-refractivity contribution in [2.75, 3.05) is 49.5 Å². The molecule has 1 saturated heterocycles. The van der Waals surface area contributed by atoms with Crippen LogP contribution in [-0.4, -0.2) is 61.5 Å². The number of carbonyl (C=O) groups excluding carboxylic acids is 1. The summed E-state index contributed by atoms with van der Waals surface area (Å²) in [6.45, 7) is 6.78. The van der Waals surface area contributed by atoms with Gasteiger partial charge < -0.3 is 25.8 Å². The Hall–Kier alpha value is -2.77. The summed E-state index contributed by atoms with van der Waals surface area (Å²) in [5, 5.41) is 12.9. The average molecular weight is 427 g/mol. The molecule has 3 rings (SSSR count). The standard InChI is InChI=1S/C24H34N4O3/c1-2-3-4-19-5-9-21(10-6-19)28-15-13-27(14-16-28)17-22(29)18-31-23-11-7-20(8-12-23)26-24(25)30/h5-12,22,29H,2-4,13-18H2,1H3,(H3,25,26,30). The van der Waals surface area contributed by atoms with Crippen molar-refractivity contribution in [3.05, 3.63) is 54.1 Å². The lowest BCUT2D eigenvalue weighted by molar-refractivity contribution is 0.0663. The Kier molecular flexibility index (Phi) is 8.55. The van der Waals surface area contributed by atoms with E-state index in [1.54, 1.807) is 24.3 Å². The second-order valence-electron chi connectivity index (χ2n) is 8.04. The number of anilines is 2. The third-order valence-corrected chi connectivity index (χ3v) is 5.53. The van der Waals surface area contributed by atoms with Gasteiger partial charge in [0.1, 0.15) is 18.5 Å². The molecule has 2 amide bonds. The largest absolute Gasteiger partial charge is 0.491 e. The number of aliphatic hydroxyl groups is 1. The Morgan fingerprint density at radius 3 is 2.39 bits per heavy atom. The smallest absolute Gasteiger partial charge is 0.316 e. The van der Waals surface area contributed by atoms with E-state index in [0.29, 0.717) is 18.0 Å². The zero-order valence-electron chi connectivity index (χ0n) is 18.3. The fourth-order valence-electron chi connectivity index (χ4n) is 3.76. The Morgan fingerprint density at radius 1 is 1.10 bits per heavy atom. The summed E-state index contributed by atoms with van der Waals surface area (Å²) < 4.78 is 5.67. The molecule has 1 aliphatic heterocycles. The number of carbonyl (C=O) groups is 1. The first-order valence-electron chi connectivity index (χ1n) is 11.1. The van der Waals surface area contributed by atoms with E-state index in [2.05, 4.69) is 46.3 Å². The number of nitrogens with zero attached hydrogens (tertiary/aromatic N) is 2. The molecule has 1 heterocycles. The van der Waals surface area contributed by atoms with Crippen LogP contribution >= 0.6 is 0 Å². The van der Waals surface area contributed by atoms with Crippen LogP contribution in [0.3, 0.4) is 0 Å². The molecule has 7 nitrogen and oxygen atoms in total. The highest BCUT2D eigenvalue weighted by atomic mass is 16.5.